The van der Waals surface area contributed by atoms with Crippen molar-refractivity contribution in [3.8, 4) is 0 Å². The highest BCUT2D eigenvalue weighted by Crippen LogP contribution is 2.42. The number of aliphatic hydroxyl groups excluding tert-OH is 1. The maximum absolute atomic E-state index is 13.9. The SMILES string of the molecule is COC(=O)C[C@H](O[Si](C)(C)C(C)(C)C)C(C)(C)C(=O)C(C)C(O)C(C)CCCC(C)=CCC(OC(C)=O)C(C)=Cc1csc(C)n1. The molecule has 1 N–H and O–H groups in total. The second-order valence-corrected chi connectivity index (χ2v) is 20.8. The van der Waals surface area contributed by atoms with Crippen LogP contribution in [0.4, 0.5) is 0 Å². The molecule has 0 fully saturated rings. The average molecular weight is 680 g/mol. The Hall–Kier alpha value is -2.14. The molecule has 1 aromatic rings. The first-order chi connectivity index (χ1) is 21.0. The summed E-state index contributed by atoms with van der Waals surface area (Å²) in [5, 5.41) is 14.1. The molecule has 0 saturated carbocycles. The molecule has 1 heterocycles. The number of methoxy groups -OCH3 is 1. The highest BCUT2D eigenvalue weighted by Gasteiger charge is 2.48. The molecule has 0 aliphatic rings. The Kier molecular flexibility index (Phi) is 16.3. The van der Waals surface area contributed by atoms with Crippen molar-refractivity contribution in [2.24, 2.45) is 17.3 Å². The molecule has 10 heteroatoms. The summed E-state index contributed by atoms with van der Waals surface area (Å²) in [5.74, 6) is -1.61. The monoisotopic (exact) mass is 679 g/mol. The van der Waals surface area contributed by atoms with Crippen molar-refractivity contribution in [1.29, 1.82) is 0 Å². The Balaban J connectivity index is 2.89. The lowest BCUT2D eigenvalue weighted by atomic mass is 9.73. The summed E-state index contributed by atoms with van der Waals surface area (Å²) in [7, 11) is -0.979. The van der Waals surface area contributed by atoms with Crippen LogP contribution in [0.15, 0.2) is 22.6 Å². The average Bonchev–Trinajstić information content (AvgIpc) is 3.36. The topological polar surface area (TPSA) is 112 Å². The van der Waals surface area contributed by atoms with Crippen LogP contribution >= 0.6 is 11.3 Å². The van der Waals surface area contributed by atoms with Gasteiger partial charge in [-0.1, -0.05) is 60.1 Å². The highest BCUT2D eigenvalue weighted by molar-refractivity contribution is 7.09. The third-order valence-electron chi connectivity index (χ3n) is 9.51. The summed E-state index contributed by atoms with van der Waals surface area (Å²) in [6, 6.07) is 0. The van der Waals surface area contributed by atoms with Crippen LogP contribution in [-0.4, -0.2) is 61.6 Å². The van der Waals surface area contributed by atoms with Crippen molar-refractivity contribution < 1.29 is 33.4 Å². The molecule has 0 aromatic carbocycles. The van der Waals surface area contributed by atoms with Gasteiger partial charge in [-0.05, 0) is 75.7 Å². The van der Waals surface area contributed by atoms with Crippen LogP contribution in [0.2, 0.25) is 18.1 Å². The van der Waals surface area contributed by atoms with Crippen molar-refractivity contribution in [2.75, 3.05) is 7.11 Å². The highest BCUT2D eigenvalue weighted by atomic mass is 32.1. The van der Waals surface area contributed by atoms with Crippen LogP contribution in [-0.2, 0) is 28.3 Å². The van der Waals surface area contributed by atoms with Gasteiger partial charge in [0.05, 0.1) is 36.4 Å². The fraction of sp³-hybridized carbons (Fsp3) is 0.722. The van der Waals surface area contributed by atoms with Crippen LogP contribution in [0.25, 0.3) is 6.08 Å². The van der Waals surface area contributed by atoms with Crippen molar-refractivity contribution >= 4 is 43.5 Å². The molecule has 0 spiro atoms. The van der Waals surface area contributed by atoms with Gasteiger partial charge in [0.1, 0.15) is 11.9 Å². The zero-order chi connectivity index (χ0) is 35.6. The van der Waals surface area contributed by atoms with Crippen molar-refractivity contribution in [3.63, 3.8) is 0 Å². The van der Waals surface area contributed by atoms with E-state index < -0.39 is 37.8 Å². The maximum atomic E-state index is 13.9. The molecule has 46 heavy (non-hydrogen) atoms. The van der Waals surface area contributed by atoms with Gasteiger partial charge in [-0.2, -0.15) is 0 Å². The molecule has 1 aromatic heterocycles. The third-order valence-corrected chi connectivity index (χ3v) is 14.8. The minimum atomic E-state index is -2.32. The van der Waals surface area contributed by atoms with Gasteiger partial charge >= 0.3 is 11.9 Å². The largest absolute Gasteiger partial charge is 0.469 e. The molecule has 0 amide bonds. The molecule has 0 radical (unpaired) electrons. The van der Waals surface area contributed by atoms with Gasteiger partial charge in [-0.3, -0.25) is 14.4 Å². The molecular formula is C36H61NO7SSi. The summed E-state index contributed by atoms with van der Waals surface area (Å²) in [5.41, 5.74) is 1.97. The normalized spacial score (nSPS) is 16.8. The van der Waals surface area contributed by atoms with Crippen LogP contribution in [0, 0.1) is 24.2 Å². The van der Waals surface area contributed by atoms with Crippen LogP contribution in [0.5, 0.6) is 0 Å². The number of aliphatic hydroxyl groups is 1. The zero-order valence-electron chi connectivity index (χ0n) is 30.9. The Morgan fingerprint density at radius 1 is 1.09 bits per heavy atom. The Labute approximate surface area is 283 Å². The van der Waals surface area contributed by atoms with E-state index in [0.29, 0.717) is 6.42 Å². The lowest BCUT2D eigenvalue weighted by molar-refractivity contribution is -0.149. The number of esters is 2. The van der Waals surface area contributed by atoms with Gasteiger partial charge in [0.15, 0.2) is 8.32 Å². The minimum Gasteiger partial charge on any atom is -0.469 e. The number of Topliss-reactive ketones (excluding diaryl/α,β-unsaturated/α-hetero) is 1. The predicted octanol–water partition coefficient (Wildman–Crippen LogP) is 8.48. The second kappa shape index (κ2) is 17.9. The Morgan fingerprint density at radius 2 is 1.70 bits per heavy atom. The first kappa shape index (κ1) is 41.9. The van der Waals surface area contributed by atoms with E-state index in [9.17, 15) is 19.5 Å². The maximum Gasteiger partial charge on any atom is 0.308 e. The number of carbonyl (C=O) groups excluding carboxylic acids is 3. The first-order valence-electron chi connectivity index (χ1n) is 16.4. The quantitative estimate of drug-likeness (QED) is 0.0934. The van der Waals surface area contributed by atoms with Crippen molar-refractivity contribution in [1.82, 2.24) is 4.98 Å². The number of rotatable bonds is 18. The standard InChI is InChI=1S/C36H61NO7SSi/c1-23(18-19-30(43-28(6)38)25(3)20-29-22-45-27(5)37-29)16-15-17-24(2)33(40)26(4)34(41)36(10,11)31(21-32(39)42-12)44-46(13,14)35(7,8)9/h18,20,22,24,26,30-31,33,40H,15-17,19,21H2,1-14H3/t24?,26?,30?,31-,33?/m0/s1. The summed E-state index contributed by atoms with van der Waals surface area (Å²) in [6.45, 7) is 25.3. The third kappa shape index (κ3) is 12.8. The number of carbonyl (C=O) groups is 3. The van der Waals surface area contributed by atoms with E-state index in [-0.39, 0.29) is 35.2 Å². The Morgan fingerprint density at radius 3 is 2.20 bits per heavy atom. The summed E-state index contributed by atoms with van der Waals surface area (Å²) in [6.07, 6.45) is 5.16. The molecule has 0 saturated heterocycles. The number of thiazole rings is 1. The van der Waals surface area contributed by atoms with Crippen molar-refractivity contribution in [2.45, 2.75) is 145 Å². The molecule has 0 bridgehead atoms. The van der Waals surface area contributed by atoms with E-state index in [0.717, 1.165) is 35.5 Å². The Bertz CT molecular complexity index is 1230. The number of hydrogen-bond donors (Lipinski definition) is 1. The molecule has 8 nitrogen and oxygen atoms in total. The number of ether oxygens (including phenoxy) is 2. The minimum absolute atomic E-state index is 0.0239. The van der Waals surface area contributed by atoms with Gasteiger partial charge in [0.25, 0.3) is 0 Å². The number of aryl methyl sites for hydroxylation is 1. The lowest BCUT2D eigenvalue weighted by Crippen LogP contribution is -2.52. The molecule has 0 aliphatic heterocycles. The van der Waals surface area contributed by atoms with E-state index in [4.69, 9.17) is 13.9 Å². The van der Waals surface area contributed by atoms with Crippen LogP contribution < -0.4 is 0 Å². The second-order valence-electron chi connectivity index (χ2n) is 14.9. The smallest absolute Gasteiger partial charge is 0.308 e. The van der Waals surface area contributed by atoms with Gasteiger partial charge in [0.2, 0.25) is 0 Å². The number of hydrogen-bond acceptors (Lipinski definition) is 9. The predicted molar refractivity (Wildman–Crippen MR) is 190 cm³/mol. The molecule has 1 rings (SSSR count). The van der Waals surface area contributed by atoms with Crippen molar-refractivity contribution in [3.05, 3.63) is 33.3 Å². The lowest BCUT2D eigenvalue weighted by Gasteiger charge is -2.44. The number of nitrogens with zero attached hydrogens (tertiary/aromatic N) is 1. The van der Waals surface area contributed by atoms with E-state index in [1.165, 1.54) is 19.6 Å². The molecule has 262 valence electrons. The summed E-state index contributed by atoms with van der Waals surface area (Å²) >= 11 is 1.58. The number of ketones is 1. The zero-order valence-corrected chi connectivity index (χ0v) is 32.7. The van der Waals surface area contributed by atoms with E-state index in [1.807, 2.05) is 46.1 Å². The van der Waals surface area contributed by atoms with Gasteiger partial charge in [-0.15, -0.1) is 11.3 Å². The van der Waals surface area contributed by atoms with Crippen LogP contribution in [0.3, 0.4) is 0 Å². The van der Waals surface area contributed by atoms with E-state index in [2.05, 4.69) is 51.8 Å². The van der Waals surface area contributed by atoms with E-state index >= 15 is 0 Å². The van der Waals surface area contributed by atoms with Crippen LogP contribution in [0.1, 0.15) is 112 Å². The number of allylic oxidation sites excluding steroid dienone is 1. The molecular weight excluding hydrogens is 619 g/mol. The van der Waals surface area contributed by atoms with Gasteiger partial charge < -0.3 is 19.0 Å². The number of aromatic nitrogens is 1. The molecule has 4 unspecified atom stereocenters. The molecule has 0 aliphatic carbocycles. The molecule has 5 atom stereocenters. The fourth-order valence-electron chi connectivity index (χ4n) is 5.19. The summed E-state index contributed by atoms with van der Waals surface area (Å²) in [4.78, 5) is 42.5. The van der Waals surface area contributed by atoms with Gasteiger partial charge in [-0.25, -0.2) is 4.98 Å². The van der Waals surface area contributed by atoms with E-state index in [1.54, 1.807) is 18.3 Å². The summed E-state index contributed by atoms with van der Waals surface area (Å²) < 4.78 is 17.2. The fourth-order valence-corrected chi connectivity index (χ4v) is 7.20. The van der Waals surface area contributed by atoms with Gasteiger partial charge in [0, 0.05) is 30.1 Å². The first-order valence-corrected chi connectivity index (χ1v) is 20.2.